The number of nitrogens with zero attached hydrogens (tertiary/aromatic N) is 1. The summed E-state index contributed by atoms with van der Waals surface area (Å²) in [6, 6.07) is 8.43. The van der Waals surface area contributed by atoms with E-state index in [0.717, 1.165) is 30.9 Å². The van der Waals surface area contributed by atoms with Gasteiger partial charge in [0.1, 0.15) is 5.76 Å². The molecule has 0 amide bonds. The van der Waals surface area contributed by atoms with Crippen molar-refractivity contribution in [2.24, 2.45) is 5.73 Å². The highest BCUT2D eigenvalue weighted by Crippen LogP contribution is 2.12. The molecule has 0 aliphatic carbocycles. The summed E-state index contributed by atoms with van der Waals surface area (Å²) >= 11 is 0. The minimum atomic E-state index is 0.688. The molecule has 1 aromatic carbocycles. The molecule has 90 valence electrons. The van der Waals surface area contributed by atoms with Gasteiger partial charge in [-0.1, -0.05) is 29.8 Å². The van der Waals surface area contributed by atoms with Gasteiger partial charge in [-0.15, -0.1) is 0 Å². The highest BCUT2D eigenvalue weighted by molar-refractivity contribution is 5.23. The molecule has 3 nitrogen and oxygen atoms in total. The van der Waals surface area contributed by atoms with Crippen LogP contribution in [0.15, 0.2) is 34.9 Å². The molecule has 0 bridgehead atoms. The first-order valence-electron chi connectivity index (χ1n) is 5.97. The van der Waals surface area contributed by atoms with E-state index in [0.29, 0.717) is 6.54 Å². The Balaban J connectivity index is 1.98. The van der Waals surface area contributed by atoms with Crippen LogP contribution in [0.1, 0.15) is 29.2 Å². The van der Waals surface area contributed by atoms with Crippen molar-refractivity contribution >= 4 is 0 Å². The van der Waals surface area contributed by atoms with Crippen molar-refractivity contribution in [2.45, 2.75) is 26.2 Å². The fraction of sp³-hybridized carbons (Fsp3) is 0.357. The van der Waals surface area contributed by atoms with Crippen LogP contribution in [0.25, 0.3) is 0 Å². The summed E-state index contributed by atoms with van der Waals surface area (Å²) in [5.41, 5.74) is 7.95. The normalized spacial score (nSPS) is 10.7. The van der Waals surface area contributed by atoms with E-state index in [1.165, 1.54) is 11.1 Å². The molecular formula is C14H18N2O. The summed E-state index contributed by atoms with van der Waals surface area (Å²) in [6.07, 6.45) is 4.37. The third-order valence-electron chi connectivity index (χ3n) is 2.70. The van der Waals surface area contributed by atoms with Crippen molar-refractivity contribution in [2.75, 3.05) is 6.54 Å². The quantitative estimate of drug-likeness (QED) is 0.858. The maximum absolute atomic E-state index is 5.65. The second-order valence-electron chi connectivity index (χ2n) is 4.27. The van der Waals surface area contributed by atoms with Crippen LogP contribution in [-0.4, -0.2) is 11.5 Å². The molecule has 3 heteroatoms. The fourth-order valence-electron chi connectivity index (χ4n) is 1.70. The number of rotatable bonds is 5. The Bertz CT molecular complexity index is 459. The Labute approximate surface area is 102 Å². The Morgan fingerprint density at radius 3 is 2.71 bits per heavy atom. The third-order valence-corrected chi connectivity index (χ3v) is 2.70. The van der Waals surface area contributed by atoms with Crippen molar-refractivity contribution in [1.82, 2.24) is 4.98 Å². The Morgan fingerprint density at radius 1 is 1.24 bits per heavy atom. The van der Waals surface area contributed by atoms with E-state index >= 15 is 0 Å². The van der Waals surface area contributed by atoms with E-state index in [2.05, 4.69) is 36.2 Å². The first-order valence-corrected chi connectivity index (χ1v) is 5.97. The van der Waals surface area contributed by atoms with E-state index in [-0.39, 0.29) is 0 Å². The topological polar surface area (TPSA) is 52.0 Å². The Kier molecular flexibility index (Phi) is 3.94. The number of benzene rings is 1. The standard InChI is InChI=1S/C14H18N2O/c1-11-4-6-12(7-5-11)9-14-16-10-13(17-14)3-2-8-15/h4-7,10H,2-3,8-9,15H2,1H3. The van der Waals surface area contributed by atoms with Crippen molar-refractivity contribution in [3.63, 3.8) is 0 Å². The van der Waals surface area contributed by atoms with Crippen LogP contribution in [0.4, 0.5) is 0 Å². The molecule has 1 aromatic heterocycles. The fourth-order valence-corrected chi connectivity index (χ4v) is 1.70. The van der Waals surface area contributed by atoms with Crippen molar-refractivity contribution < 1.29 is 4.42 Å². The summed E-state index contributed by atoms with van der Waals surface area (Å²) in [7, 11) is 0. The van der Waals surface area contributed by atoms with Crippen molar-refractivity contribution in [3.05, 3.63) is 53.2 Å². The molecule has 0 spiro atoms. The molecule has 0 aliphatic rings. The minimum absolute atomic E-state index is 0.688. The van der Waals surface area contributed by atoms with Crippen LogP contribution in [0.3, 0.4) is 0 Å². The molecule has 0 saturated carbocycles. The average molecular weight is 230 g/mol. The first kappa shape index (κ1) is 11.9. The van der Waals surface area contributed by atoms with Crippen LogP contribution in [0.5, 0.6) is 0 Å². The van der Waals surface area contributed by atoms with Crippen LogP contribution in [0, 0.1) is 6.92 Å². The van der Waals surface area contributed by atoms with Crippen LogP contribution in [0.2, 0.25) is 0 Å². The molecule has 0 atom stereocenters. The average Bonchev–Trinajstić information content (AvgIpc) is 2.77. The summed E-state index contributed by atoms with van der Waals surface area (Å²) in [5.74, 6) is 1.71. The molecule has 0 aliphatic heterocycles. The highest BCUT2D eigenvalue weighted by atomic mass is 16.4. The third kappa shape index (κ3) is 3.43. The van der Waals surface area contributed by atoms with E-state index in [1.54, 1.807) is 6.20 Å². The Morgan fingerprint density at radius 2 is 2.00 bits per heavy atom. The minimum Gasteiger partial charge on any atom is -0.445 e. The van der Waals surface area contributed by atoms with E-state index in [9.17, 15) is 0 Å². The Hall–Kier alpha value is -1.61. The number of aryl methyl sites for hydroxylation is 2. The second-order valence-corrected chi connectivity index (χ2v) is 4.27. The van der Waals surface area contributed by atoms with Crippen LogP contribution < -0.4 is 5.73 Å². The van der Waals surface area contributed by atoms with E-state index in [1.807, 2.05) is 0 Å². The van der Waals surface area contributed by atoms with Gasteiger partial charge in [-0.2, -0.15) is 0 Å². The second kappa shape index (κ2) is 5.64. The molecule has 0 saturated heterocycles. The monoisotopic (exact) mass is 230 g/mol. The summed E-state index contributed by atoms with van der Waals surface area (Å²) in [5, 5.41) is 0. The maximum Gasteiger partial charge on any atom is 0.198 e. The van der Waals surface area contributed by atoms with Gasteiger partial charge >= 0.3 is 0 Å². The zero-order chi connectivity index (χ0) is 12.1. The smallest absolute Gasteiger partial charge is 0.198 e. The SMILES string of the molecule is Cc1ccc(Cc2ncc(CCCN)o2)cc1. The lowest BCUT2D eigenvalue weighted by atomic mass is 10.1. The molecule has 0 radical (unpaired) electrons. The number of nitrogens with two attached hydrogens (primary N) is 1. The van der Waals surface area contributed by atoms with Gasteiger partial charge in [0.15, 0.2) is 5.89 Å². The van der Waals surface area contributed by atoms with Gasteiger partial charge in [0, 0.05) is 12.8 Å². The summed E-state index contributed by atoms with van der Waals surface area (Å²) in [6.45, 7) is 2.77. The van der Waals surface area contributed by atoms with Crippen molar-refractivity contribution in [1.29, 1.82) is 0 Å². The van der Waals surface area contributed by atoms with Crippen molar-refractivity contribution in [3.8, 4) is 0 Å². The summed E-state index contributed by atoms with van der Waals surface area (Å²) in [4.78, 5) is 4.28. The molecule has 2 rings (SSSR count). The molecular weight excluding hydrogens is 212 g/mol. The molecule has 17 heavy (non-hydrogen) atoms. The predicted octanol–water partition coefficient (Wildman–Crippen LogP) is 2.47. The molecule has 2 aromatic rings. The number of aromatic nitrogens is 1. The van der Waals surface area contributed by atoms with Crippen LogP contribution in [-0.2, 0) is 12.8 Å². The van der Waals surface area contributed by atoms with Gasteiger partial charge in [-0.05, 0) is 25.5 Å². The lowest BCUT2D eigenvalue weighted by Crippen LogP contribution is -1.99. The molecule has 1 heterocycles. The number of oxazole rings is 1. The lowest BCUT2D eigenvalue weighted by molar-refractivity contribution is 0.459. The highest BCUT2D eigenvalue weighted by Gasteiger charge is 2.04. The zero-order valence-corrected chi connectivity index (χ0v) is 10.1. The van der Waals surface area contributed by atoms with Gasteiger partial charge in [0.05, 0.1) is 6.20 Å². The zero-order valence-electron chi connectivity index (χ0n) is 10.1. The molecule has 0 unspecified atom stereocenters. The molecule has 0 fully saturated rings. The van der Waals surface area contributed by atoms with Gasteiger partial charge in [-0.3, -0.25) is 0 Å². The van der Waals surface area contributed by atoms with E-state index in [4.69, 9.17) is 10.2 Å². The largest absolute Gasteiger partial charge is 0.445 e. The summed E-state index contributed by atoms with van der Waals surface area (Å²) < 4.78 is 5.65. The first-order chi connectivity index (χ1) is 8.28. The molecule has 2 N–H and O–H groups in total. The predicted molar refractivity (Wildman–Crippen MR) is 67.9 cm³/mol. The lowest BCUT2D eigenvalue weighted by Gasteiger charge is -1.98. The van der Waals surface area contributed by atoms with Gasteiger partial charge < -0.3 is 10.2 Å². The maximum atomic E-state index is 5.65. The van der Waals surface area contributed by atoms with E-state index < -0.39 is 0 Å². The van der Waals surface area contributed by atoms with Gasteiger partial charge in [0.2, 0.25) is 0 Å². The van der Waals surface area contributed by atoms with Crippen LogP contribution >= 0.6 is 0 Å². The number of hydrogen-bond acceptors (Lipinski definition) is 3. The van der Waals surface area contributed by atoms with Gasteiger partial charge in [0.25, 0.3) is 0 Å². The number of hydrogen-bond donors (Lipinski definition) is 1. The van der Waals surface area contributed by atoms with Gasteiger partial charge in [-0.25, -0.2) is 4.98 Å².